The summed E-state index contributed by atoms with van der Waals surface area (Å²) in [6, 6.07) is 7.78. The van der Waals surface area contributed by atoms with Crippen molar-refractivity contribution >= 4 is 5.82 Å². The normalized spacial score (nSPS) is 10.4. The molecule has 0 fully saturated rings. The van der Waals surface area contributed by atoms with Crippen molar-refractivity contribution in [2.24, 2.45) is 5.84 Å². The van der Waals surface area contributed by atoms with Gasteiger partial charge in [0.25, 0.3) is 0 Å². The topological polar surface area (TPSA) is 73.1 Å². The van der Waals surface area contributed by atoms with Crippen LogP contribution in [0.15, 0.2) is 24.3 Å². The summed E-state index contributed by atoms with van der Waals surface area (Å²) in [5, 5.41) is 0. The van der Waals surface area contributed by atoms with Gasteiger partial charge in [0.05, 0.1) is 6.61 Å². The lowest BCUT2D eigenvalue weighted by Crippen LogP contribution is -2.12. The van der Waals surface area contributed by atoms with Gasteiger partial charge in [0.15, 0.2) is 5.82 Å². The fourth-order valence-corrected chi connectivity index (χ4v) is 1.84. The van der Waals surface area contributed by atoms with E-state index in [4.69, 9.17) is 10.6 Å². The van der Waals surface area contributed by atoms with Gasteiger partial charge in [0.2, 0.25) is 0 Å². The fourth-order valence-electron chi connectivity index (χ4n) is 1.84. The molecule has 2 rings (SSSR count). The second kappa shape index (κ2) is 6.34. The number of nitrogens with two attached hydrogens (primary N) is 1. The Hall–Kier alpha value is -2.14. The number of hydrazine groups is 1. The number of rotatable bonds is 5. The molecular formula is C15H20N4O. The number of nitrogens with one attached hydrogen (secondary N) is 1. The zero-order chi connectivity index (χ0) is 14.5. The summed E-state index contributed by atoms with van der Waals surface area (Å²) in [7, 11) is 0. The molecule has 0 aliphatic heterocycles. The molecule has 1 aromatic heterocycles. The summed E-state index contributed by atoms with van der Waals surface area (Å²) in [5.74, 6) is 7.61. The van der Waals surface area contributed by atoms with Crippen molar-refractivity contribution in [3.8, 4) is 17.1 Å². The number of benzene rings is 1. The second-order valence-corrected chi connectivity index (χ2v) is 4.63. The Balaban J connectivity index is 2.38. The smallest absolute Gasteiger partial charge is 0.161 e. The summed E-state index contributed by atoms with van der Waals surface area (Å²) in [6.45, 7) is 6.66. The van der Waals surface area contributed by atoms with Gasteiger partial charge in [-0.25, -0.2) is 15.8 Å². The first-order chi connectivity index (χ1) is 9.65. The van der Waals surface area contributed by atoms with Gasteiger partial charge in [-0.1, -0.05) is 19.1 Å². The molecule has 0 saturated carbocycles. The van der Waals surface area contributed by atoms with Crippen molar-refractivity contribution in [3.05, 3.63) is 35.5 Å². The number of aromatic nitrogens is 2. The van der Waals surface area contributed by atoms with Crippen LogP contribution in [0.4, 0.5) is 5.82 Å². The maximum atomic E-state index is 5.63. The van der Waals surface area contributed by atoms with E-state index in [0.29, 0.717) is 18.2 Å². The Morgan fingerprint density at radius 3 is 2.75 bits per heavy atom. The predicted octanol–water partition coefficient (Wildman–Crippen LogP) is 2.83. The number of hydrogen-bond donors (Lipinski definition) is 2. The highest BCUT2D eigenvalue weighted by Gasteiger charge is 2.09. The largest absolute Gasteiger partial charge is 0.494 e. The van der Waals surface area contributed by atoms with Gasteiger partial charge in [-0.05, 0) is 32.4 Å². The first-order valence-electron chi connectivity index (χ1n) is 6.70. The van der Waals surface area contributed by atoms with Crippen molar-refractivity contribution in [1.29, 1.82) is 0 Å². The van der Waals surface area contributed by atoms with Crippen LogP contribution >= 0.6 is 0 Å². The van der Waals surface area contributed by atoms with E-state index in [9.17, 15) is 0 Å². The SMILES string of the molecule is CCCOc1cccc(-c2nc(C)c(C)c(NN)n2)c1. The number of nitrogens with zero attached hydrogens (tertiary/aromatic N) is 2. The third kappa shape index (κ3) is 3.05. The first kappa shape index (κ1) is 14.3. The molecule has 20 heavy (non-hydrogen) atoms. The van der Waals surface area contributed by atoms with Crippen LogP contribution in [0, 0.1) is 13.8 Å². The van der Waals surface area contributed by atoms with Crippen molar-refractivity contribution in [2.75, 3.05) is 12.0 Å². The maximum Gasteiger partial charge on any atom is 0.161 e. The van der Waals surface area contributed by atoms with Crippen LogP contribution in [0.25, 0.3) is 11.4 Å². The Morgan fingerprint density at radius 2 is 2.05 bits per heavy atom. The van der Waals surface area contributed by atoms with Crippen molar-refractivity contribution in [3.63, 3.8) is 0 Å². The van der Waals surface area contributed by atoms with Crippen LogP contribution in [-0.2, 0) is 0 Å². The number of aryl methyl sites for hydroxylation is 1. The van der Waals surface area contributed by atoms with E-state index in [1.54, 1.807) is 0 Å². The van der Waals surface area contributed by atoms with E-state index in [1.165, 1.54) is 0 Å². The van der Waals surface area contributed by atoms with Gasteiger partial charge in [0, 0.05) is 16.8 Å². The lowest BCUT2D eigenvalue weighted by atomic mass is 10.1. The lowest BCUT2D eigenvalue weighted by Gasteiger charge is -2.10. The van der Waals surface area contributed by atoms with Crippen molar-refractivity contribution in [1.82, 2.24) is 9.97 Å². The Bertz CT molecular complexity index is 598. The first-order valence-corrected chi connectivity index (χ1v) is 6.70. The molecule has 5 nitrogen and oxygen atoms in total. The van der Waals surface area contributed by atoms with E-state index in [-0.39, 0.29) is 0 Å². The van der Waals surface area contributed by atoms with Crippen molar-refractivity contribution < 1.29 is 4.74 Å². The molecule has 2 aromatic rings. The van der Waals surface area contributed by atoms with Gasteiger partial charge in [0.1, 0.15) is 11.6 Å². The Kier molecular flexibility index (Phi) is 4.53. The van der Waals surface area contributed by atoms with E-state index < -0.39 is 0 Å². The number of ether oxygens (including phenoxy) is 1. The molecular weight excluding hydrogens is 252 g/mol. The molecule has 0 saturated heterocycles. The summed E-state index contributed by atoms with van der Waals surface area (Å²) >= 11 is 0. The minimum absolute atomic E-state index is 0.642. The molecule has 5 heteroatoms. The van der Waals surface area contributed by atoms with E-state index in [0.717, 1.165) is 29.0 Å². The average Bonchev–Trinajstić information content (AvgIpc) is 2.48. The summed E-state index contributed by atoms with van der Waals surface area (Å²) in [5.41, 5.74) is 5.39. The standard InChI is InChI=1S/C15H20N4O/c1-4-8-20-13-7-5-6-12(9-13)15-17-11(3)10(2)14(18-15)19-16/h5-7,9H,4,8,16H2,1-3H3,(H,17,18,19). The number of hydrogen-bond acceptors (Lipinski definition) is 5. The van der Waals surface area contributed by atoms with Gasteiger partial charge in [-0.3, -0.25) is 0 Å². The highest BCUT2D eigenvalue weighted by Crippen LogP contribution is 2.24. The summed E-state index contributed by atoms with van der Waals surface area (Å²) in [6.07, 6.45) is 0.978. The molecule has 0 aliphatic carbocycles. The molecule has 0 aliphatic rings. The van der Waals surface area contributed by atoms with Gasteiger partial charge in [-0.2, -0.15) is 0 Å². The summed E-state index contributed by atoms with van der Waals surface area (Å²) < 4.78 is 5.63. The van der Waals surface area contributed by atoms with Gasteiger partial charge >= 0.3 is 0 Å². The molecule has 3 N–H and O–H groups in total. The highest BCUT2D eigenvalue weighted by molar-refractivity contribution is 5.61. The zero-order valence-electron chi connectivity index (χ0n) is 12.1. The molecule has 0 atom stereocenters. The minimum Gasteiger partial charge on any atom is -0.494 e. The average molecular weight is 272 g/mol. The van der Waals surface area contributed by atoms with E-state index >= 15 is 0 Å². The fraction of sp³-hybridized carbons (Fsp3) is 0.333. The monoisotopic (exact) mass is 272 g/mol. The zero-order valence-corrected chi connectivity index (χ0v) is 12.1. The molecule has 0 unspecified atom stereocenters. The Morgan fingerprint density at radius 1 is 1.25 bits per heavy atom. The Labute approximate surface area is 119 Å². The quantitative estimate of drug-likeness (QED) is 0.646. The van der Waals surface area contributed by atoms with E-state index in [1.807, 2.05) is 38.1 Å². The molecule has 0 spiro atoms. The number of nitrogen functional groups attached to an aromatic ring is 1. The van der Waals surface area contributed by atoms with Gasteiger partial charge < -0.3 is 10.2 Å². The minimum atomic E-state index is 0.642. The lowest BCUT2D eigenvalue weighted by molar-refractivity contribution is 0.317. The third-order valence-electron chi connectivity index (χ3n) is 3.09. The molecule has 0 radical (unpaired) electrons. The predicted molar refractivity (Wildman–Crippen MR) is 80.5 cm³/mol. The van der Waals surface area contributed by atoms with Crippen LogP contribution < -0.4 is 16.0 Å². The van der Waals surface area contributed by atoms with Crippen LogP contribution in [-0.4, -0.2) is 16.6 Å². The number of anilines is 1. The third-order valence-corrected chi connectivity index (χ3v) is 3.09. The van der Waals surface area contributed by atoms with Crippen LogP contribution in [0.5, 0.6) is 5.75 Å². The summed E-state index contributed by atoms with van der Waals surface area (Å²) in [4.78, 5) is 8.95. The van der Waals surface area contributed by atoms with E-state index in [2.05, 4.69) is 22.3 Å². The molecule has 106 valence electrons. The van der Waals surface area contributed by atoms with Crippen molar-refractivity contribution in [2.45, 2.75) is 27.2 Å². The molecule has 0 bridgehead atoms. The maximum absolute atomic E-state index is 5.63. The van der Waals surface area contributed by atoms with Crippen LogP contribution in [0.3, 0.4) is 0 Å². The molecule has 1 heterocycles. The van der Waals surface area contributed by atoms with Crippen LogP contribution in [0.2, 0.25) is 0 Å². The highest BCUT2D eigenvalue weighted by atomic mass is 16.5. The second-order valence-electron chi connectivity index (χ2n) is 4.63. The molecule has 0 amide bonds. The van der Waals surface area contributed by atoms with Crippen LogP contribution in [0.1, 0.15) is 24.6 Å². The molecule has 1 aromatic carbocycles. The van der Waals surface area contributed by atoms with Gasteiger partial charge in [-0.15, -0.1) is 0 Å².